The number of aromatic nitrogens is 2. The third kappa shape index (κ3) is 2.24. The summed E-state index contributed by atoms with van der Waals surface area (Å²) >= 11 is 0. The highest BCUT2D eigenvalue weighted by Gasteiger charge is 2.07. The van der Waals surface area contributed by atoms with Crippen LogP contribution >= 0.6 is 0 Å². The van der Waals surface area contributed by atoms with Crippen LogP contribution in [-0.4, -0.2) is 20.9 Å². The maximum atomic E-state index is 10.7. The van der Waals surface area contributed by atoms with Crippen LogP contribution in [0.1, 0.15) is 10.5 Å². The molecule has 0 fully saturated rings. The van der Waals surface area contributed by atoms with Gasteiger partial charge < -0.3 is 5.11 Å². The van der Waals surface area contributed by atoms with Crippen molar-refractivity contribution in [3.05, 3.63) is 52.7 Å². The number of azide groups is 1. The minimum absolute atomic E-state index is 0.0240. The van der Waals surface area contributed by atoms with E-state index in [0.29, 0.717) is 11.4 Å². The third-order valence-corrected chi connectivity index (χ3v) is 2.08. The van der Waals surface area contributed by atoms with Crippen molar-refractivity contribution in [2.75, 3.05) is 0 Å². The normalized spacial score (nSPS) is 9.65. The van der Waals surface area contributed by atoms with E-state index >= 15 is 0 Å². The maximum Gasteiger partial charge on any atom is 0.356 e. The molecule has 0 spiro atoms. The Labute approximate surface area is 95.6 Å². The summed E-state index contributed by atoms with van der Waals surface area (Å²) < 4.78 is 1.43. The van der Waals surface area contributed by atoms with Crippen LogP contribution in [0.2, 0.25) is 0 Å². The predicted molar refractivity (Wildman–Crippen MR) is 59.3 cm³/mol. The summed E-state index contributed by atoms with van der Waals surface area (Å²) in [7, 11) is 0. The van der Waals surface area contributed by atoms with Crippen LogP contribution in [0.5, 0.6) is 0 Å². The first-order valence-electron chi connectivity index (χ1n) is 4.65. The van der Waals surface area contributed by atoms with Crippen LogP contribution in [0, 0.1) is 0 Å². The average molecular weight is 229 g/mol. The van der Waals surface area contributed by atoms with E-state index in [0.717, 1.165) is 0 Å². The summed E-state index contributed by atoms with van der Waals surface area (Å²) in [6.07, 6.45) is 1.55. The molecule has 7 heteroatoms. The van der Waals surface area contributed by atoms with Gasteiger partial charge in [-0.2, -0.15) is 5.10 Å². The van der Waals surface area contributed by atoms with Gasteiger partial charge in [-0.05, 0) is 23.7 Å². The lowest BCUT2D eigenvalue weighted by Crippen LogP contribution is -2.00. The Morgan fingerprint density at radius 2 is 2.06 bits per heavy atom. The minimum atomic E-state index is -1.07. The second kappa shape index (κ2) is 4.38. The maximum absolute atomic E-state index is 10.7. The molecular formula is C10H7N5O2. The number of nitrogens with zero attached hydrogens (tertiary/aromatic N) is 5. The van der Waals surface area contributed by atoms with Crippen molar-refractivity contribution in [1.29, 1.82) is 0 Å². The first-order valence-corrected chi connectivity index (χ1v) is 4.65. The fraction of sp³-hybridized carbons (Fsp3) is 0. The van der Waals surface area contributed by atoms with Crippen molar-refractivity contribution in [3.8, 4) is 5.69 Å². The molecule has 0 aliphatic carbocycles. The lowest BCUT2D eigenvalue weighted by molar-refractivity contribution is 0.0690. The first kappa shape index (κ1) is 10.7. The number of rotatable bonds is 3. The summed E-state index contributed by atoms with van der Waals surface area (Å²) in [5, 5.41) is 16.0. The highest BCUT2D eigenvalue weighted by molar-refractivity contribution is 5.85. The van der Waals surface area contributed by atoms with Gasteiger partial charge in [-0.15, -0.1) is 0 Å². The fourth-order valence-electron chi connectivity index (χ4n) is 1.31. The number of carboxylic acids is 1. The molecule has 2 aromatic rings. The molecule has 0 bridgehead atoms. The number of carbonyl (C=O) groups is 1. The Morgan fingerprint density at radius 3 is 2.59 bits per heavy atom. The Hall–Kier alpha value is -2.79. The van der Waals surface area contributed by atoms with E-state index in [2.05, 4.69) is 15.1 Å². The molecule has 0 aliphatic heterocycles. The summed E-state index contributed by atoms with van der Waals surface area (Å²) in [5.41, 5.74) is 9.40. The molecule has 0 amide bonds. The molecule has 2 rings (SSSR count). The van der Waals surface area contributed by atoms with Crippen molar-refractivity contribution >= 4 is 11.7 Å². The Bertz CT molecular complexity index is 595. The van der Waals surface area contributed by atoms with Gasteiger partial charge in [-0.3, -0.25) is 0 Å². The van der Waals surface area contributed by atoms with Gasteiger partial charge in [-0.1, -0.05) is 17.2 Å². The van der Waals surface area contributed by atoms with Gasteiger partial charge in [0, 0.05) is 16.8 Å². The molecule has 0 saturated carbocycles. The van der Waals surface area contributed by atoms with E-state index in [1.807, 2.05) is 0 Å². The van der Waals surface area contributed by atoms with Crippen LogP contribution in [-0.2, 0) is 0 Å². The molecule has 0 aliphatic rings. The number of hydrogen-bond donors (Lipinski definition) is 1. The zero-order valence-electron chi connectivity index (χ0n) is 8.56. The lowest BCUT2D eigenvalue weighted by atomic mass is 10.3. The van der Waals surface area contributed by atoms with Gasteiger partial charge in [0.05, 0.1) is 5.69 Å². The molecule has 1 aromatic carbocycles. The van der Waals surface area contributed by atoms with Crippen LogP contribution in [0.15, 0.2) is 41.6 Å². The van der Waals surface area contributed by atoms with Crippen molar-refractivity contribution < 1.29 is 9.90 Å². The van der Waals surface area contributed by atoms with Gasteiger partial charge in [0.2, 0.25) is 0 Å². The van der Waals surface area contributed by atoms with Crippen LogP contribution in [0.3, 0.4) is 0 Å². The third-order valence-electron chi connectivity index (χ3n) is 2.08. The summed E-state index contributed by atoms with van der Waals surface area (Å²) in [5.74, 6) is -1.07. The monoisotopic (exact) mass is 229 g/mol. The molecule has 84 valence electrons. The number of carboxylic acid groups (broad SMARTS) is 1. The van der Waals surface area contributed by atoms with Crippen LogP contribution in [0.25, 0.3) is 16.1 Å². The summed E-state index contributed by atoms with van der Waals surface area (Å²) in [4.78, 5) is 13.3. The molecule has 0 unspecified atom stereocenters. The second-order valence-electron chi connectivity index (χ2n) is 3.16. The molecule has 0 radical (unpaired) electrons. The van der Waals surface area contributed by atoms with Crippen molar-refractivity contribution in [2.45, 2.75) is 0 Å². The number of hydrogen-bond acceptors (Lipinski definition) is 3. The van der Waals surface area contributed by atoms with E-state index < -0.39 is 5.97 Å². The quantitative estimate of drug-likeness (QED) is 0.496. The van der Waals surface area contributed by atoms with E-state index in [1.165, 1.54) is 10.7 Å². The van der Waals surface area contributed by atoms with Crippen molar-refractivity contribution in [2.24, 2.45) is 5.11 Å². The smallest absolute Gasteiger partial charge is 0.356 e. The molecule has 0 saturated heterocycles. The minimum Gasteiger partial charge on any atom is -0.476 e. The molecule has 7 nitrogen and oxygen atoms in total. The number of benzene rings is 1. The zero-order chi connectivity index (χ0) is 12.3. The fourth-order valence-corrected chi connectivity index (χ4v) is 1.31. The van der Waals surface area contributed by atoms with Crippen molar-refractivity contribution in [3.63, 3.8) is 0 Å². The molecule has 1 heterocycles. The van der Waals surface area contributed by atoms with Crippen molar-refractivity contribution in [1.82, 2.24) is 9.78 Å². The average Bonchev–Trinajstić information content (AvgIpc) is 2.80. The SMILES string of the molecule is [N-]=[N+]=Nc1ccc(-n2ccc(C(=O)O)n2)cc1. The van der Waals surface area contributed by atoms with Crippen LogP contribution in [0.4, 0.5) is 5.69 Å². The van der Waals surface area contributed by atoms with Gasteiger partial charge in [-0.25, -0.2) is 9.48 Å². The Morgan fingerprint density at radius 1 is 1.35 bits per heavy atom. The van der Waals surface area contributed by atoms with E-state index in [4.69, 9.17) is 10.6 Å². The summed E-state index contributed by atoms with van der Waals surface area (Å²) in [6.45, 7) is 0. The standard InChI is InChI=1S/C10H7N5O2/c11-14-12-7-1-3-8(4-2-7)15-6-5-9(13-15)10(16)17/h1-6H,(H,16,17). The molecule has 17 heavy (non-hydrogen) atoms. The number of aromatic carboxylic acids is 1. The van der Waals surface area contributed by atoms with E-state index in [1.54, 1.807) is 30.5 Å². The first-order chi connectivity index (χ1) is 8.20. The molecule has 1 N–H and O–H groups in total. The predicted octanol–water partition coefficient (Wildman–Crippen LogP) is 2.51. The lowest BCUT2D eigenvalue weighted by Gasteiger charge is -2.00. The molecular weight excluding hydrogens is 222 g/mol. The largest absolute Gasteiger partial charge is 0.476 e. The van der Waals surface area contributed by atoms with E-state index in [-0.39, 0.29) is 5.69 Å². The Kier molecular flexibility index (Phi) is 2.76. The van der Waals surface area contributed by atoms with E-state index in [9.17, 15) is 4.79 Å². The topological polar surface area (TPSA) is 104 Å². The Balaban J connectivity index is 2.32. The molecule has 0 atom stereocenters. The highest BCUT2D eigenvalue weighted by Crippen LogP contribution is 2.15. The highest BCUT2D eigenvalue weighted by atomic mass is 16.4. The second-order valence-corrected chi connectivity index (χ2v) is 3.16. The zero-order valence-corrected chi connectivity index (χ0v) is 8.56. The molecule has 1 aromatic heterocycles. The summed E-state index contributed by atoms with van der Waals surface area (Å²) in [6, 6.07) is 8.02. The van der Waals surface area contributed by atoms with Gasteiger partial charge >= 0.3 is 5.97 Å². The van der Waals surface area contributed by atoms with Gasteiger partial charge in [0.15, 0.2) is 5.69 Å². The van der Waals surface area contributed by atoms with Gasteiger partial charge in [0.25, 0.3) is 0 Å². The van der Waals surface area contributed by atoms with Crippen LogP contribution < -0.4 is 0 Å². The van der Waals surface area contributed by atoms with Gasteiger partial charge in [0.1, 0.15) is 0 Å².